The van der Waals surface area contributed by atoms with Gasteiger partial charge in [-0.25, -0.2) is 13.2 Å². The molecule has 2 heterocycles. The summed E-state index contributed by atoms with van der Waals surface area (Å²) < 4.78 is 81.9. The lowest BCUT2D eigenvalue weighted by molar-refractivity contribution is -0.138. The molecule has 0 amide bonds. The number of hydrogen-bond acceptors (Lipinski definition) is 4. The first-order valence-corrected chi connectivity index (χ1v) is 8.61. The Labute approximate surface area is 169 Å². The van der Waals surface area contributed by atoms with Crippen LogP contribution in [0, 0.1) is 24.4 Å². The number of aromatic nitrogens is 4. The number of H-pyrrole nitrogens is 1. The van der Waals surface area contributed by atoms with Crippen molar-refractivity contribution in [1.29, 1.82) is 0 Å². The van der Waals surface area contributed by atoms with Crippen LogP contribution in [0.25, 0.3) is 17.1 Å². The molecule has 6 nitrogen and oxygen atoms in total. The first kappa shape index (κ1) is 21.7. The van der Waals surface area contributed by atoms with Gasteiger partial charge < -0.3 is 5.32 Å². The van der Waals surface area contributed by atoms with Crippen LogP contribution in [-0.2, 0) is 0 Å². The van der Waals surface area contributed by atoms with Gasteiger partial charge in [0.05, 0.1) is 11.1 Å². The Morgan fingerprint density at radius 3 is 2.23 bits per heavy atom. The fraction of sp³-hybridized carbons (Fsp3) is 0.235. The van der Waals surface area contributed by atoms with E-state index in [-0.39, 0.29) is 5.56 Å². The molecule has 160 valence electrons. The Kier molecular flexibility index (Phi) is 5.54. The van der Waals surface area contributed by atoms with Crippen LogP contribution in [0.4, 0.5) is 32.2 Å². The highest BCUT2D eigenvalue weighted by atomic mass is 35.5. The molecule has 0 saturated heterocycles. The molecule has 0 unspecified atom stereocenters. The highest BCUT2D eigenvalue weighted by molar-refractivity contribution is 6.32. The number of hydrogen-bond donors (Lipinski definition) is 2. The molecule has 0 aliphatic carbocycles. The number of aryl methyl sites for hydroxylation is 1. The van der Waals surface area contributed by atoms with E-state index in [0.29, 0.717) is 12.1 Å². The first-order chi connectivity index (χ1) is 13.9. The van der Waals surface area contributed by atoms with E-state index in [1.54, 1.807) is 0 Å². The van der Waals surface area contributed by atoms with Gasteiger partial charge in [-0.3, -0.25) is 9.89 Å². The molecule has 1 aromatic carbocycles. The number of nitrogens with zero attached hydrogens (tertiary/aromatic N) is 3. The number of halogens is 7. The molecule has 3 aromatic rings. The van der Waals surface area contributed by atoms with Crippen molar-refractivity contribution < 1.29 is 26.3 Å². The molecule has 0 radical (unpaired) electrons. The van der Waals surface area contributed by atoms with Crippen LogP contribution in [0.3, 0.4) is 0 Å². The van der Waals surface area contributed by atoms with Crippen molar-refractivity contribution >= 4 is 17.4 Å². The number of nitrogens with one attached hydrogen (secondary N) is 2. The molecule has 0 fully saturated rings. The quantitative estimate of drug-likeness (QED) is 0.456. The van der Waals surface area contributed by atoms with Crippen molar-refractivity contribution in [3.63, 3.8) is 0 Å². The molecular formula is C17H12ClF6N5O. The van der Waals surface area contributed by atoms with Gasteiger partial charge in [-0.05, 0) is 13.8 Å². The second-order valence-electron chi connectivity index (χ2n) is 6.29. The third-order valence-electron chi connectivity index (χ3n) is 4.10. The zero-order valence-corrected chi connectivity index (χ0v) is 16.0. The van der Waals surface area contributed by atoms with Gasteiger partial charge in [0.25, 0.3) is 11.5 Å². The van der Waals surface area contributed by atoms with Crippen LogP contribution < -0.4 is 10.9 Å². The fourth-order valence-electron chi connectivity index (χ4n) is 2.52. The summed E-state index contributed by atoms with van der Waals surface area (Å²) in [5.74, 6) is -5.28. The Morgan fingerprint density at radius 1 is 1.13 bits per heavy atom. The zero-order valence-electron chi connectivity index (χ0n) is 15.2. The highest BCUT2D eigenvalue weighted by Crippen LogP contribution is 2.38. The Balaban J connectivity index is 2.29. The molecule has 0 saturated carbocycles. The summed E-state index contributed by atoms with van der Waals surface area (Å²) >= 11 is 6.03. The van der Waals surface area contributed by atoms with Crippen LogP contribution in [0.1, 0.15) is 12.5 Å². The summed E-state index contributed by atoms with van der Waals surface area (Å²) in [6.45, 7) is 2.20. The topological polar surface area (TPSA) is 75.6 Å². The van der Waals surface area contributed by atoms with Crippen LogP contribution in [0.2, 0.25) is 5.15 Å². The van der Waals surface area contributed by atoms with Gasteiger partial charge in [0.1, 0.15) is 34.5 Å². The largest absolute Gasteiger partial charge is 0.408 e. The minimum Gasteiger partial charge on any atom is -0.358 e. The number of aromatic amines is 1. The predicted octanol–water partition coefficient (Wildman–Crippen LogP) is 4.36. The van der Waals surface area contributed by atoms with E-state index in [2.05, 4.69) is 15.1 Å². The lowest BCUT2D eigenvalue weighted by atomic mass is 10.1. The van der Waals surface area contributed by atoms with E-state index in [9.17, 15) is 31.1 Å². The van der Waals surface area contributed by atoms with E-state index in [1.165, 1.54) is 13.1 Å². The molecule has 2 N–H and O–H groups in total. The summed E-state index contributed by atoms with van der Waals surface area (Å²) in [6.07, 6.45) is -3.47. The molecule has 1 atom stereocenters. The summed E-state index contributed by atoms with van der Waals surface area (Å²) in [5.41, 5.74) is -1.97. The SMILES string of the molecule is Cc1c[nH]n(-c2nc(Cl)c(-c3c(F)cc(F)cc3F)c(N[C@@H](C)C(F)(F)F)n2)c1=O. The number of benzene rings is 1. The predicted molar refractivity (Wildman–Crippen MR) is 96.2 cm³/mol. The summed E-state index contributed by atoms with van der Waals surface area (Å²) in [7, 11) is 0. The van der Waals surface area contributed by atoms with Gasteiger partial charge in [0.2, 0.25) is 0 Å². The smallest absolute Gasteiger partial charge is 0.358 e. The van der Waals surface area contributed by atoms with Gasteiger partial charge in [0, 0.05) is 23.9 Å². The van der Waals surface area contributed by atoms with E-state index in [1.807, 2.05) is 5.32 Å². The maximum atomic E-state index is 14.3. The van der Waals surface area contributed by atoms with Gasteiger partial charge in [0.15, 0.2) is 0 Å². The minimum atomic E-state index is -4.76. The second kappa shape index (κ2) is 7.67. The Hall–Kier alpha value is -3.02. The molecular weight excluding hydrogens is 440 g/mol. The standard InChI is InChI=1S/C17H12ClF6N5O/c1-6-5-25-29(15(6)30)16-27-13(18)12(11-9(20)3-8(19)4-10(11)21)14(28-16)26-7(2)17(22,23)24/h3-5,7,25H,1-2H3,(H,26,27,28)/t7-/m0/s1. The molecule has 0 bridgehead atoms. The highest BCUT2D eigenvalue weighted by Gasteiger charge is 2.37. The molecule has 3 rings (SSSR count). The molecule has 0 aliphatic rings. The molecule has 13 heteroatoms. The minimum absolute atomic E-state index is 0.243. The van der Waals surface area contributed by atoms with Gasteiger partial charge in [-0.2, -0.15) is 27.8 Å². The van der Waals surface area contributed by atoms with Crippen LogP contribution in [0.15, 0.2) is 23.1 Å². The first-order valence-electron chi connectivity index (χ1n) is 8.23. The number of anilines is 1. The van der Waals surface area contributed by atoms with Crippen molar-refractivity contribution in [2.24, 2.45) is 0 Å². The van der Waals surface area contributed by atoms with Crippen LogP contribution in [-0.4, -0.2) is 32.0 Å². The second-order valence-corrected chi connectivity index (χ2v) is 6.65. The molecule has 0 aliphatic heterocycles. The third-order valence-corrected chi connectivity index (χ3v) is 4.38. The van der Waals surface area contributed by atoms with Gasteiger partial charge >= 0.3 is 6.18 Å². The van der Waals surface area contributed by atoms with E-state index >= 15 is 0 Å². The summed E-state index contributed by atoms with van der Waals surface area (Å²) in [5, 5.41) is 3.80. The fourth-order valence-corrected chi connectivity index (χ4v) is 2.78. The molecule has 2 aromatic heterocycles. The Morgan fingerprint density at radius 2 is 1.73 bits per heavy atom. The van der Waals surface area contributed by atoms with Crippen molar-refractivity contribution in [2.45, 2.75) is 26.1 Å². The van der Waals surface area contributed by atoms with Crippen molar-refractivity contribution in [3.8, 4) is 17.1 Å². The number of alkyl halides is 3. The van der Waals surface area contributed by atoms with Crippen LogP contribution in [0.5, 0.6) is 0 Å². The maximum Gasteiger partial charge on any atom is 0.408 e. The van der Waals surface area contributed by atoms with Gasteiger partial charge in [-0.1, -0.05) is 11.6 Å². The number of rotatable bonds is 4. The lowest BCUT2D eigenvalue weighted by Crippen LogP contribution is -2.34. The summed E-state index contributed by atoms with van der Waals surface area (Å²) in [6, 6.07) is -1.56. The van der Waals surface area contributed by atoms with E-state index < -0.39 is 63.3 Å². The average molecular weight is 452 g/mol. The normalized spacial score (nSPS) is 12.8. The van der Waals surface area contributed by atoms with E-state index in [4.69, 9.17) is 11.6 Å². The maximum absolute atomic E-state index is 14.3. The van der Waals surface area contributed by atoms with Crippen LogP contribution >= 0.6 is 11.6 Å². The third kappa shape index (κ3) is 3.99. The summed E-state index contributed by atoms with van der Waals surface area (Å²) in [4.78, 5) is 19.7. The monoisotopic (exact) mass is 451 g/mol. The zero-order chi connectivity index (χ0) is 22.4. The van der Waals surface area contributed by atoms with Gasteiger partial charge in [-0.15, -0.1) is 0 Å². The van der Waals surface area contributed by atoms with Crippen molar-refractivity contribution in [1.82, 2.24) is 19.7 Å². The van der Waals surface area contributed by atoms with E-state index in [0.717, 1.165) is 11.6 Å². The van der Waals surface area contributed by atoms with Crippen molar-refractivity contribution in [2.75, 3.05) is 5.32 Å². The molecule has 30 heavy (non-hydrogen) atoms. The Bertz CT molecular complexity index is 1150. The van der Waals surface area contributed by atoms with Crippen molar-refractivity contribution in [3.05, 3.63) is 56.9 Å². The average Bonchev–Trinajstić information content (AvgIpc) is 2.94. The lowest BCUT2D eigenvalue weighted by Gasteiger charge is -2.21. The molecule has 0 spiro atoms.